The molecule has 0 aromatic carbocycles. The van der Waals surface area contributed by atoms with Gasteiger partial charge in [0.25, 0.3) is 0 Å². The van der Waals surface area contributed by atoms with E-state index in [1.165, 1.54) is 89.9 Å². The minimum atomic E-state index is -5.29. The number of carbonyl (C=O) groups is 3. The summed E-state index contributed by atoms with van der Waals surface area (Å²) in [6, 6.07) is -1.58. The Hall–Kier alpha value is -1.64. The normalized spacial score (nSPS) is 20.3. The molecule has 14 nitrogen and oxygen atoms in total. The lowest BCUT2D eigenvalue weighted by atomic mass is 9.96. The first-order valence-corrected chi connectivity index (χ1v) is 25.9. The fourth-order valence-corrected chi connectivity index (χ4v) is 8.57. The second-order valence-electron chi connectivity index (χ2n) is 17.3. The largest absolute Gasteiger partial charge is 0.470 e. The first kappa shape index (κ1) is 57.4. The van der Waals surface area contributed by atoms with Gasteiger partial charge < -0.3 is 44.6 Å². The van der Waals surface area contributed by atoms with Crippen LogP contribution in [0.15, 0.2) is 0 Å². The van der Waals surface area contributed by atoms with Gasteiger partial charge in [0.05, 0.1) is 25.6 Å². The molecule has 15 heteroatoms. The smallest absolute Gasteiger partial charge is 0.462 e. The molecule has 360 valence electrons. The molecule has 7 atom stereocenters. The topological polar surface area (TPSA) is 218 Å². The van der Waals surface area contributed by atoms with Gasteiger partial charge in [0.1, 0.15) is 24.4 Å². The summed E-state index contributed by atoms with van der Waals surface area (Å²) in [7, 11) is -5.29. The number of rotatable bonds is 40. The zero-order valence-electron chi connectivity index (χ0n) is 38.3. The van der Waals surface area contributed by atoms with Crippen LogP contribution in [-0.4, -0.2) is 92.4 Å². The average molecular weight is 894 g/mol. The van der Waals surface area contributed by atoms with Gasteiger partial charge in [0.15, 0.2) is 12.4 Å². The van der Waals surface area contributed by atoms with Crippen LogP contribution < -0.4 is 5.32 Å². The second kappa shape index (κ2) is 36.7. The molecule has 0 saturated carbocycles. The SMILES string of the molecule is CCCCCCCCCCCC(=O)OC(CCCCCCCCCCC)CC(=O)O[C@H]1[C@@H](NC(=O)CC(O)CCCCCCCCCCC)[C@H](O)O[C@H](CO)[C@H]1OP(=O)(O)O. The summed E-state index contributed by atoms with van der Waals surface area (Å²) in [6.07, 6.45) is 20.9. The van der Waals surface area contributed by atoms with Crippen LogP contribution >= 0.6 is 7.82 Å². The predicted octanol–water partition coefficient (Wildman–Crippen LogP) is 9.39. The molecule has 6 N–H and O–H groups in total. The summed E-state index contributed by atoms with van der Waals surface area (Å²) in [6.45, 7) is 5.70. The minimum Gasteiger partial charge on any atom is -0.462 e. The molecule has 61 heavy (non-hydrogen) atoms. The fourth-order valence-electron chi connectivity index (χ4n) is 7.99. The molecular weight excluding hydrogens is 805 g/mol. The molecule has 0 aliphatic carbocycles. The molecule has 1 heterocycles. The lowest BCUT2D eigenvalue weighted by Crippen LogP contribution is -2.65. The van der Waals surface area contributed by atoms with Gasteiger partial charge >= 0.3 is 19.8 Å². The molecule has 0 aromatic rings. The van der Waals surface area contributed by atoms with Crippen LogP contribution in [0.3, 0.4) is 0 Å². The van der Waals surface area contributed by atoms with Gasteiger partial charge in [-0.25, -0.2) is 4.57 Å². The van der Waals surface area contributed by atoms with Crippen molar-refractivity contribution in [2.45, 2.75) is 269 Å². The Morgan fingerprint density at radius 2 is 1.07 bits per heavy atom. The number of hydrogen-bond donors (Lipinski definition) is 6. The molecule has 1 fully saturated rings. The third-order valence-corrected chi connectivity index (χ3v) is 12.1. The molecular formula is C46H88NO13P. The van der Waals surface area contributed by atoms with E-state index >= 15 is 0 Å². The van der Waals surface area contributed by atoms with E-state index in [1.54, 1.807) is 0 Å². The van der Waals surface area contributed by atoms with Crippen molar-refractivity contribution in [2.24, 2.45) is 0 Å². The van der Waals surface area contributed by atoms with Crippen LogP contribution in [0, 0.1) is 0 Å². The summed E-state index contributed by atoms with van der Waals surface area (Å²) >= 11 is 0. The van der Waals surface area contributed by atoms with Gasteiger partial charge in [-0.2, -0.15) is 0 Å². The standard InChI is InChI=1S/C46H88NO13P/c1-4-7-10-13-16-19-22-25-28-31-37(49)34-40(50)47-43-45(44(60-61(54,55)56)39(36-48)58-46(43)53)59-42(52)35-38(32-29-26-23-20-17-14-11-8-5-2)57-41(51)33-30-27-24-21-18-15-12-9-6-3/h37-39,43-46,48-49,53H,4-36H2,1-3H3,(H,47,50)(H2,54,55,56)/t37?,38?,39-,43-,44-,45+,46-/m1/s1. The monoisotopic (exact) mass is 894 g/mol. The first-order chi connectivity index (χ1) is 29.3. The summed E-state index contributed by atoms with van der Waals surface area (Å²) in [5.41, 5.74) is 0. The van der Waals surface area contributed by atoms with E-state index in [2.05, 4.69) is 26.1 Å². The number of carbonyl (C=O) groups excluding carboxylic acids is 3. The van der Waals surface area contributed by atoms with Gasteiger partial charge in [-0.1, -0.05) is 181 Å². The van der Waals surface area contributed by atoms with Crippen molar-refractivity contribution in [3.63, 3.8) is 0 Å². The number of unbranched alkanes of at least 4 members (excludes halogenated alkanes) is 24. The minimum absolute atomic E-state index is 0.209. The lowest BCUT2D eigenvalue weighted by molar-refractivity contribution is -0.256. The summed E-state index contributed by atoms with van der Waals surface area (Å²) in [5.74, 6) is -2.06. The van der Waals surface area contributed by atoms with E-state index in [0.29, 0.717) is 25.7 Å². The van der Waals surface area contributed by atoms with Crippen LogP contribution in [-0.2, 0) is 37.7 Å². The quantitative estimate of drug-likeness (QED) is 0.0192. The fraction of sp³-hybridized carbons (Fsp3) is 0.935. The van der Waals surface area contributed by atoms with Crippen LogP contribution in [0.5, 0.6) is 0 Å². The summed E-state index contributed by atoms with van der Waals surface area (Å²) in [4.78, 5) is 59.4. The Kier molecular flexibility index (Phi) is 34.5. The molecule has 0 radical (unpaired) electrons. The highest BCUT2D eigenvalue weighted by Crippen LogP contribution is 2.42. The van der Waals surface area contributed by atoms with Crippen LogP contribution in [0.1, 0.15) is 226 Å². The Morgan fingerprint density at radius 1 is 0.623 bits per heavy atom. The average Bonchev–Trinajstić information content (AvgIpc) is 3.20. The van der Waals surface area contributed by atoms with Crippen LogP contribution in [0.25, 0.3) is 0 Å². The number of amides is 1. The maximum Gasteiger partial charge on any atom is 0.470 e. The van der Waals surface area contributed by atoms with Crippen molar-refractivity contribution in [2.75, 3.05) is 6.61 Å². The van der Waals surface area contributed by atoms with Crippen LogP contribution in [0.4, 0.5) is 0 Å². The molecule has 1 saturated heterocycles. The van der Waals surface area contributed by atoms with Gasteiger partial charge in [-0.05, 0) is 25.7 Å². The number of phosphoric ester groups is 1. The molecule has 0 aromatic heterocycles. The highest BCUT2D eigenvalue weighted by Gasteiger charge is 2.51. The van der Waals surface area contributed by atoms with Crippen molar-refractivity contribution >= 4 is 25.7 Å². The molecule has 0 spiro atoms. The van der Waals surface area contributed by atoms with Crippen LogP contribution in [0.2, 0.25) is 0 Å². The van der Waals surface area contributed by atoms with E-state index in [4.69, 9.17) is 18.7 Å². The summed E-state index contributed by atoms with van der Waals surface area (Å²) in [5, 5.41) is 34.1. The van der Waals surface area contributed by atoms with E-state index < -0.39 is 81.5 Å². The number of esters is 2. The van der Waals surface area contributed by atoms with Crippen molar-refractivity contribution in [1.29, 1.82) is 0 Å². The predicted molar refractivity (Wildman–Crippen MR) is 237 cm³/mol. The van der Waals surface area contributed by atoms with Crippen molar-refractivity contribution in [3.05, 3.63) is 0 Å². The number of aliphatic hydroxyl groups is 3. The Balaban J connectivity index is 2.97. The second-order valence-corrected chi connectivity index (χ2v) is 18.5. The zero-order chi connectivity index (χ0) is 45.1. The Morgan fingerprint density at radius 3 is 1.52 bits per heavy atom. The maximum atomic E-state index is 13.7. The van der Waals surface area contributed by atoms with E-state index in [1.807, 2.05) is 0 Å². The molecule has 1 amide bonds. The van der Waals surface area contributed by atoms with E-state index in [9.17, 15) is 44.1 Å². The zero-order valence-corrected chi connectivity index (χ0v) is 39.2. The van der Waals surface area contributed by atoms with Gasteiger partial charge in [-0.15, -0.1) is 0 Å². The third kappa shape index (κ3) is 30.2. The van der Waals surface area contributed by atoms with Crippen molar-refractivity contribution in [3.8, 4) is 0 Å². The summed E-state index contributed by atoms with van der Waals surface area (Å²) < 4.78 is 34.0. The molecule has 2 unspecified atom stereocenters. The van der Waals surface area contributed by atoms with Gasteiger partial charge in [-0.3, -0.25) is 18.9 Å². The van der Waals surface area contributed by atoms with Crippen molar-refractivity contribution < 1.29 is 62.8 Å². The maximum absolute atomic E-state index is 13.7. The van der Waals surface area contributed by atoms with Gasteiger partial charge in [0.2, 0.25) is 5.91 Å². The number of hydrogen-bond acceptors (Lipinski definition) is 11. The molecule has 1 aliphatic rings. The van der Waals surface area contributed by atoms with E-state index in [0.717, 1.165) is 70.6 Å². The molecule has 1 aliphatic heterocycles. The highest BCUT2D eigenvalue weighted by atomic mass is 31.2. The third-order valence-electron chi connectivity index (χ3n) is 11.6. The lowest BCUT2D eigenvalue weighted by Gasteiger charge is -2.43. The van der Waals surface area contributed by atoms with Crippen molar-refractivity contribution in [1.82, 2.24) is 5.32 Å². The van der Waals surface area contributed by atoms with Gasteiger partial charge in [0, 0.05) is 6.42 Å². The molecule has 1 rings (SSSR count). The highest BCUT2D eigenvalue weighted by molar-refractivity contribution is 7.46. The molecule has 0 bridgehead atoms. The Bertz CT molecular complexity index is 1160. The van der Waals surface area contributed by atoms with E-state index in [-0.39, 0.29) is 12.8 Å². The number of ether oxygens (including phenoxy) is 3. The number of nitrogens with one attached hydrogen (secondary N) is 1. The number of aliphatic hydroxyl groups excluding tert-OH is 3. The Labute approximate surface area is 368 Å². The number of phosphoric acid groups is 1. The first-order valence-electron chi connectivity index (χ1n) is 24.4.